The lowest BCUT2D eigenvalue weighted by Crippen LogP contribution is -2.37. The van der Waals surface area contributed by atoms with Gasteiger partial charge < -0.3 is 0 Å². The number of piperidine rings is 1. The molecule has 0 aliphatic carbocycles. The van der Waals surface area contributed by atoms with E-state index < -0.39 is 0 Å². The van der Waals surface area contributed by atoms with Gasteiger partial charge in [-0.25, -0.2) is 0 Å². The third-order valence-corrected chi connectivity index (χ3v) is 4.10. The average Bonchev–Trinajstić information content (AvgIpc) is 2.60. The van der Waals surface area contributed by atoms with Gasteiger partial charge in [-0.15, -0.1) is 0 Å². The zero-order chi connectivity index (χ0) is 16.1. The maximum atomic E-state index is 12.8. The van der Waals surface area contributed by atoms with E-state index in [1.54, 1.807) is 0 Å². The lowest BCUT2D eigenvalue weighted by molar-refractivity contribution is -0.113. The molecule has 0 atom stereocenters. The molecule has 116 valence electrons. The molecule has 0 radical (unpaired) electrons. The van der Waals surface area contributed by atoms with Crippen molar-refractivity contribution in [3.63, 3.8) is 0 Å². The Labute approximate surface area is 137 Å². The fourth-order valence-electron chi connectivity index (χ4n) is 2.83. The number of carbonyl (C=O) groups is 1. The van der Waals surface area contributed by atoms with Gasteiger partial charge in [-0.1, -0.05) is 67.6 Å². The van der Waals surface area contributed by atoms with Crippen molar-refractivity contribution >= 4 is 17.9 Å². The summed E-state index contributed by atoms with van der Waals surface area (Å²) >= 11 is 0. The van der Waals surface area contributed by atoms with Gasteiger partial charge in [0.2, 0.25) is 0 Å². The van der Waals surface area contributed by atoms with Crippen LogP contribution in [0.5, 0.6) is 0 Å². The van der Waals surface area contributed by atoms with Crippen LogP contribution in [0, 0.1) is 0 Å². The van der Waals surface area contributed by atoms with E-state index in [0.29, 0.717) is 0 Å². The Balaban J connectivity index is 1.94. The van der Waals surface area contributed by atoms with Crippen LogP contribution in [0.3, 0.4) is 0 Å². The fraction of sp³-hybridized carbons (Fsp3) is 0.190. The molecule has 1 fully saturated rings. The first kappa shape index (κ1) is 15.4. The zero-order valence-electron chi connectivity index (χ0n) is 13.4. The lowest BCUT2D eigenvalue weighted by atomic mass is 9.94. The molecule has 1 aliphatic heterocycles. The Morgan fingerprint density at radius 3 is 1.65 bits per heavy atom. The van der Waals surface area contributed by atoms with Crippen LogP contribution in [0.15, 0.2) is 71.8 Å². The molecule has 0 aromatic heterocycles. The molecule has 1 heterocycles. The van der Waals surface area contributed by atoms with Gasteiger partial charge in [0.05, 0.1) is 0 Å². The topological polar surface area (TPSA) is 20.3 Å². The minimum absolute atomic E-state index is 0.169. The summed E-state index contributed by atoms with van der Waals surface area (Å²) in [5, 5.41) is 0. The highest BCUT2D eigenvalue weighted by molar-refractivity contribution is 6.14. The third kappa shape index (κ3) is 3.85. The van der Waals surface area contributed by atoms with Crippen LogP contribution in [0.2, 0.25) is 0 Å². The minimum atomic E-state index is 0.169. The first-order chi connectivity index (χ1) is 11.3. The van der Waals surface area contributed by atoms with E-state index in [1.165, 1.54) is 0 Å². The van der Waals surface area contributed by atoms with E-state index in [9.17, 15) is 4.79 Å². The summed E-state index contributed by atoms with van der Waals surface area (Å²) in [5.74, 6) is 0.169. The van der Waals surface area contributed by atoms with Crippen LogP contribution in [-0.4, -0.2) is 30.3 Å². The zero-order valence-corrected chi connectivity index (χ0v) is 13.4. The summed E-state index contributed by atoms with van der Waals surface area (Å²) in [6, 6.07) is 20.1. The van der Waals surface area contributed by atoms with Gasteiger partial charge >= 0.3 is 0 Å². The summed E-state index contributed by atoms with van der Waals surface area (Å²) in [5.41, 5.74) is 3.89. The summed E-state index contributed by atoms with van der Waals surface area (Å²) in [7, 11) is 0. The first-order valence-electron chi connectivity index (χ1n) is 8.04. The van der Waals surface area contributed by atoms with Crippen molar-refractivity contribution in [1.29, 1.82) is 0 Å². The Morgan fingerprint density at radius 1 is 0.826 bits per heavy atom. The van der Waals surface area contributed by atoms with Gasteiger partial charge in [-0.3, -0.25) is 9.69 Å². The largest absolute Gasteiger partial charge is 0.295 e. The van der Waals surface area contributed by atoms with E-state index in [4.69, 9.17) is 0 Å². The number of hydrogen-bond acceptors (Lipinski definition) is 2. The third-order valence-electron chi connectivity index (χ3n) is 4.10. The molecule has 23 heavy (non-hydrogen) atoms. The monoisotopic (exact) mass is 303 g/mol. The number of carbonyl (C=O) groups excluding carboxylic acids is 1. The number of nitrogens with zero attached hydrogens (tertiary/aromatic N) is 1. The van der Waals surface area contributed by atoms with Crippen molar-refractivity contribution in [3.05, 3.63) is 82.9 Å². The number of likely N-dealkylation sites (tertiary alicyclic amines) is 1. The van der Waals surface area contributed by atoms with E-state index in [2.05, 4.69) is 11.8 Å². The van der Waals surface area contributed by atoms with E-state index in [1.807, 2.05) is 72.8 Å². The van der Waals surface area contributed by atoms with E-state index in [0.717, 1.165) is 41.9 Å². The first-order valence-corrected chi connectivity index (χ1v) is 8.04. The maximum absolute atomic E-state index is 12.8. The number of ketones is 1. The molecule has 0 N–H and O–H groups in total. The van der Waals surface area contributed by atoms with Crippen LogP contribution in [0.4, 0.5) is 0 Å². The van der Waals surface area contributed by atoms with Crippen molar-refractivity contribution in [2.45, 2.75) is 6.92 Å². The minimum Gasteiger partial charge on any atom is -0.295 e. The molecule has 3 rings (SSSR count). The standard InChI is InChI=1S/C21H21NO/c1-2-22-15-19(13-17-9-5-3-6-10-17)21(23)20(16-22)14-18-11-7-4-8-12-18/h3-14H,2,15-16H2,1H3/b19-13-,20-14-. The summed E-state index contributed by atoms with van der Waals surface area (Å²) in [6.45, 7) is 4.51. The van der Waals surface area contributed by atoms with Crippen molar-refractivity contribution in [2.24, 2.45) is 0 Å². The van der Waals surface area contributed by atoms with Crippen LogP contribution >= 0.6 is 0 Å². The molecule has 0 saturated carbocycles. The lowest BCUT2D eigenvalue weighted by Gasteiger charge is -2.28. The van der Waals surface area contributed by atoms with Crippen molar-refractivity contribution in [3.8, 4) is 0 Å². The molecule has 2 nitrogen and oxygen atoms in total. The number of rotatable bonds is 3. The maximum Gasteiger partial charge on any atom is 0.187 e. The Morgan fingerprint density at radius 2 is 1.26 bits per heavy atom. The molecular weight excluding hydrogens is 282 g/mol. The molecule has 1 saturated heterocycles. The SMILES string of the molecule is CCN1C/C(=C/c2ccccc2)C(=O)/C(=C\c2ccccc2)C1. The number of benzene rings is 2. The summed E-state index contributed by atoms with van der Waals surface area (Å²) in [6.07, 6.45) is 4.03. The molecule has 2 heteroatoms. The van der Waals surface area contributed by atoms with Crippen LogP contribution in [0.1, 0.15) is 18.1 Å². The molecule has 0 spiro atoms. The Kier molecular flexibility index (Phi) is 4.84. The van der Waals surface area contributed by atoms with Gasteiger partial charge in [0.1, 0.15) is 0 Å². The van der Waals surface area contributed by atoms with Crippen molar-refractivity contribution in [1.82, 2.24) is 4.90 Å². The van der Waals surface area contributed by atoms with Crippen molar-refractivity contribution in [2.75, 3.05) is 19.6 Å². The van der Waals surface area contributed by atoms with E-state index in [-0.39, 0.29) is 5.78 Å². The predicted molar refractivity (Wildman–Crippen MR) is 96.0 cm³/mol. The molecular formula is C21H21NO. The molecule has 2 aromatic carbocycles. The van der Waals surface area contributed by atoms with E-state index >= 15 is 0 Å². The second-order valence-electron chi connectivity index (χ2n) is 5.79. The highest BCUT2D eigenvalue weighted by Gasteiger charge is 2.25. The molecule has 0 bridgehead atoms. The van der Waals surface area contributed by atoms with Gasteiger partial charge in [-0.05, 0) is 29.8 Å². The molecule has 0 amide bonds. The van der Waals surface area contributed by atoms with Crippen LogP contribution < -0.4 is 0 Å². The molecule has 0 unspecified atom stereocenters. The highest BCUT2D eigenvalue weighted by Crippen LogP contribution is 2.21. The summed E-state index contributed by atoms with van der Waals surface area (Å²) < 4.78 is 0. The smallest absolute Gasteiger partial charge is 0.187 e. The highest BCUT2D eigenvalue weighted by atomic mass is 16.1. The molecule has 1 aliphatic rings. The number of Topliss-reactive ketones (excluding diaryl/α,β-unsaturated/α-hetero) is 1. The van der Waals surface area contributed by atoms with Crippen LogP contribution in [-0.2, 0) is 4.79 Å². The fourth-order valence-corrected chi connectivity index (χ4v) is 2.83. The Hall–Kier alpha value is -2.45. The van der Waals surface area contributed by atoms with Gasteiger partial charge in [0, 0.05) is 24.2 Å². The molecule has 2 aromatic rings. The second-order valence-corrected chi connectivity index (χ2v) is 5.79. The predicted octanol–water partition coefficient (Wildman–Crippen LogP) is 4.06. The van der Waals surface area contributed by atoms with Gasteiger partial charge in [0.25, 0.3) is 0 Å². The van der Waals surface area contributed by atoms with Crippen molar-refractivity contribution < 1.29 is 4.79 Å². The number of hydrogen-bond donors (Lipinski definition) is 0. The number of likely N-dealkylation sites (N-methyl/N-ethyl adjacent to an activating group) is 1. The second kappa shape index (κ2) is 7.21. The van der Waals surface area contributed by atoms with Crippen LogP contribution in [0.25, 0.3) is 12.2 Å². The van der Waals surface area contributed by atoms with Gasteiger partial charge in [0.15, 0.2) is 5.78 Å². The Bertz CT molecular complexity index is 667. The van der Waals surface area contributed by atoms with Gasteiger partial charge in [-0.2, -0.15) is 0 Å². The average molecular weight is 303 g/mol. The quantitative estimate of drug-likeness (QED) is 0.797. The summed E-state index contributed by atoms with van der Waals surface area (Å²) in [4.78, 5) is 15.1. The normalized spacial score (nSPS) is 19.4.